The van der Waals surface area contributed by atoms with Crippen molar-refractivity contribution < 1.29 is 0 Å². The molecule has 0 amide bonds. The van der Waals surface area contributed by atoms with Crippen molar-refractivity contribution in [1.82, 2.24) is 0 Å². The Balaban J connectivity index is 2.32. The summed E-state index contributed by atoms with van der Waals surface area (Å²) < 4.78 is 0. The first-order valence-corrected chi connectivity index (χ1v) is 5.20. The molecule has 0 aliphatic heterocycles. The van der Waals surface area contributed by atoms with Gasteiger partial charge in [0.05, 0.1) is 0 Å². The maximum atomic E-state index is 2.31. The van der Waals surface area contributed by atoms with E-state index in [2.05, 4.69) is 47.1 Å². The molecule has 6 valence electrons. The summed E-state index contributed by atoms with van der Waals surface area (Å²) in [5.74, 6) is 0. The summed E-state index contributed by atoms with van der Waals surface area (Å²) in [6, 6.07) is 0. The van der Waals surface area contributed by atoms with Crippen LogP contribution in [0.2, 0.25) is 0 Å². The minimum absolute atomic E-state index is 0.139. The third-order valence-electron chi connectivity index (χ3n) is 0. The molecule has 0 rings (SSSR count). The van der Waals surface area contributed by atoms with E-state index < -0.39 is 0 Å². The third kappa shape index (κ3) is 8.85. The second-order valence-electron chi connectivity index (χ2n) is 1.73. The Bertz CT molecular complexity index is 8.00. The van der Waals surface area contributed by atoms with Gasteiger partial charge < -0.3 is 0 Å². The second-order valence-corrected chi connectivity index (χ2v) is 5.20. The van der Waals surface area contributed by atoms with E-state index in [0.29, 0.717) is 0 Å². The molecule has 0 N–H and O–H groups in total. The second kappa shape index (κ2) is 3.51. The molecule has 0 aromatic rings. The number of rotatable bonds is 0. The normalized spacial score (nSPS) is 7.50. The van der Waals surface area contributed by atoms with Gasteiger partial charge in [0.1, 0.15) is 0 Å². The van der Waals surface area contributed by atoms with Crippen molar-refractivity contribution in [3.8, 4) is 0 Å². The van der Waals surface area contributed by atoms with Gasteiger partial charge in [0.25, 0.3) is 0 Å². The van der Waals surface area contributed by atoms with Gasteiger partial charge in [-0.25, -0.2) is 0 Å². The van der Waals surface area contributed by atoms with Crippen molar-refractivity contribution in [1.29, 1.82) is 0 Å². The van der Waals surface area contributed by atoms with Crippen LogP contribution in [-0.4, -0.2) is 54.7 Å². The van der Waals surface area contributed by atoms with E-state index in [0.717, 1.165) is 0 Å². The number of hydrogen-bond donors (Lipinski definition) is 0. The van der Waals surface area contributed by atoms with Gasteiger partial charge in [0.2, 0.25) is 0 Å². The quantitative estimate of drug-likeness (QED) is 0.291. The van der Waals surface area contributed by atoms with Crippen LogP contribution in [0.5, 0.6) is 0 Å². The molecule has 0 aromatic carbocycles. The number of hydrogen-bond acceptors (Lipinski definition) is 0. The van der Waals surface area contributed by atoms with Crippen molar-refractivity contribution in [2.45, 2.75) is 0 Å². The molecule has 0 aliphatic rings. The molecule has 0 radical (unpaired) electrons. The van der Waals surface area contributed by atoms with E-state index in [-0.39, 0.29) is 7.52 Å². The molecule has 0 unspecified atom stereocenters. The molecule has 0 nitrogen and oxygen atoms in total. The van der Waals surface area contributed by atoms with Crippen LogP contribution in [0.3, 0.4) is 0 Å². The predicted molar refractivity (Wildman–Crippen MR) is 23.0 cm³/mol. The molecular formula is AlLi3. The van der Waals surface area contributed by atoms with Crippen molar-refractivity contribution in [3.63, 3.8) is 0 Å². The molecule has 0 heterocycles. The Labute approximate surface area is 53.8 Å². The van der Waals surface area contributed by atoms with Gasteiger partial charge >= 0.3 is 54.7 Å². The van der Waals surface area contributed by atoms with Crippen molar-refractivity contribution in [3.05, 3.63) is 0 Å². The minimum atomic E-state index is -0.139. The Morgan fingerprint density at radius 3 is 1.00 bits per heavy atom. The summed E-state index contributed by atoms with van der Waals surface area (Å²) >= 11 is 6.92. The van der Waals surface area contributed by atoms with Crippen LogP contribution >= 0.6 is 0 Å². The molecule has 4 heavy (non-hydrogen) atoms. The summed E-state index contributed by atoms with van der Waals surface area (Å²) in [4.78, 5) is 0. The van der Waals surface area contributed by atoms with E-state index in [4.69, 9.17) is 0 Å². The van der Waals surface area contributed by atoms with Crippen molar-refractivity contribution in [2.24, 2.45) is 0 Å². The zero-order chi connectivity index (χ0) is 3.58. The van der Waals surface area contributed by atoms with Crippen molar-refractivity contribution >= 4 is 54.7 Å². The average Bonchev–Trinajstić information content (AvgIpc) is 0.811. The van der Waals surface area contributed by atoms with Crippen LogP contribution in [0, 0.1) is 0 Å². The van der Waals surface area contributed by atoms with Crippen LogP contribution in [-0.2, 0) is 0 Å². The Morgan fingerprint density at radius 2 is 1.00 bits per heavy atom. The molecule has 0 aromatic heterocycles. The standard InChI is InChI=1S/Al.3Li. The van der Waals surface area contributed by atoms with E-state index in [1.165, 1.54) is 0 Å². The summed E-state index contributed by atoms with van der Waals surface area (Å²) in [6.07, 6.45) is 0. The van der Waals surface area contributed by atoms with E-state index in [1.807, 2.05) is 0 Å². The van der Waals surface area contributed by atoms with E-state index in [9.17, 15) is 0 Å². The molecule has 0 spiro atoms. The average molecular weight is 47.8 g/mol. The summed E-state index contributed by atoms with van der Waals surface area (Å²) in [7, 11) is -0.139. The molecule has 0 bridgehead atoms. The Hall–Kier alpha value is 2.32. The zero-order valence-corrected chi connectivity index (χ0v) is 4.73. The monoisotopic (exact) mass is 48.0 g/mol. The first kappa shape index (κ1) is 6.32. The summed E-state index contributed by atoms with van der Waals surface area (Å²) in [5.41, 5.74) is 0. The van der Waals surface area contributed by atoms with Crippen LogP contribution in [0.4, 0.5) is 0 Å². The molecule has 0 saturated heterocycles. The summed E-state index contributed by atoms with van der Waals surface area (Å²) in [5, 5.41) is 0. The van der Waals surface area contributed by atoms with Gasteiger partial charge in [-0.1, -0.05) is 0 Å². The molecular weight excluding hydrogens is 47.8 g/mol. The molecule has 4 heteroatoms. The van der Waals surface area contributed by atoms with Crippen molar-refractivity contribution in [2.75, 3.05) is 0 Å². The molecule has 0 saturated carbocycles. The fourth-order valence-electron chi connectivity index (χ4n) is 0. The molecule has 0 aliphatic carbocycles. The zero-order valence-electron chi connectivity index (χ0n) is 3.58. The van der Waals surface area contributed by atoms with Gasteiger partial charge in [-0.05, 0) is 0 Å². The molecule has 0 fully saturated rings. The first-order valence-electron chi connectivity index (χ1n) is 1.73. The van der Waals surface area contributed by atoms with E-state index >= 15 is 0 Å². The van der Waals surface area contributed by atoms with Crippen LogP contribution in [0.15, 0.2) is 0 Å². The first-order chi connectivity index (χ1) is 1.73. The van der Waals surface area contributed by atoms with Gasteiger partial charge in [-0.15, -0.1) is 0 Å². The Kier molecular flexibility index (Phi) is 5.55. The molecule has 0 atom stereocenters. The fraction of sp³-hybridized carbons (Fsp3) is 0. The van der Waals surface area contributed by atoms with Gasteiger partial charge in [-0.3, -0.25) is 0 Å². The fourth-order valence-corrected chi connectivity index (χ4v) is 0. The maximum absolute atomic E-state index is 2.31. The SMILES string of the molecule is [Li][Al]([Li])[Li]. The topological polar surface area (TPSA) is 0 Å². The Morgan fingerprint density at radius 1 is 1.00 bits per heavy atom. The van der Waals surface area contributed by atoms with Gasteiger partial charge in [-0.2, -0.15) is 0 Å². The summed E-state index contributed by atoms with van der Waals surface area (Å²) in [6.45, 7) is 0. The van der Waals surface area contributed by atoms with E-state index in [1.54, 1.807) is 0 Å². The van der Waals surface area contributed by atoms with Crippen LogP contribution < -0.4 is 0 Å². The van der Waals surface area contributed by atoms with Crippen LogP contribution in [0.1, 0.15) is 0 Å². The van der Waals surface area contributed by atoms with Crippen LogP contribution in [0.25, 0.3) is 0 Å². The third-order valence-corrected chi connectivity index (χ3v) is 0. The van der Waals surface area contributed by atoms with Gasteiger partial charge in [0, 0.05) is 0 Å². The van der Waals surface area contributed by atoms with Gasteiger partial charge in [0.15, 0.2) is 0 Å². The predicted octanol–water partition coefficient (Wildman–Crippen LogP) is -1.52.